The van der Waals surface area contributed by atoms with Gasteiger partial charge in [-0.2, -0.15) is 13.2 Å². The highest BCUT2D eigenvalue weighted by Crippen LogP contribution is 2.23. The highest BCUT2D eigenvalue weighted by molar-refractivity contribution is 7.89. The van der Waals surface area contributed by atoms with E-state index in [1.807, 2.05) is 20.8 Å². The van der Waals surface area contributed by atoms with Crippen LogP contribution in [0.15, 0.2) is 29.2 Å². The molecule has 0 amide bonds. The van der Waals surface area contributed by atoms with Gasteiger partial charge in [-0.05, 0) is 23.1 Å². The van der Waals surface area contributed by atoms with E-state index in [1.165, 1.54) is 17.0 Å². The van der Waals surface area contributed by atoms with Gasteiger partial charge >= 0.3 is 6.18 Å². The fourth-order valence-corrected chi connectivity index (χ4v) is 2.18. The molecule has 0 atom stereocenters. The van der Waals surface area contributed by atoms with Crippen LogP contribution in [0, 0.1) is 0 Å². The molecule has 1 aromatic carbocycles. The van der Waals surface area contributed by atoms with Crippen molar-refractivity contribution in [2.45, 2.75) is 37.3 Å². The third-order valence-electron chi connectivity index (χ3n) is 2.44. The Balaban J connectivity index is 2.78. The summed E-state index contributed by atoms with van der Waals surface area (Å²) in [6.07, 6.45) is -4.60. The molecule has 4 nitrogen and oxygen atoms in total. The molecule has 0 bridgehead atoms. The summed E-state index contributed by atoms with van der Waals surface area (Å²) >= 11 is 0. The van der Waals surface area contributed by atoms with Crippen LogP contribution < -0.4 is 4.89 Å². The van der Waals surface area contributed by atoms with Crippen LogP contribution in [0.4, 0.5) is 13.2 Å². The van der Waals surface area contributed by atoms with Crippen molar-refractivity contribution in [3.63, 3.8) is 0 Å². The van der Waals surface area contributed by atoms with Gasteiger partial charge in [0.05, 0.1) is 4.90 Å². The minimum absolute atomic E-state index is 0.150. The van der Waals surface area contributed by atoms with Gasteiger partial charge in [0.15, 0.2) is 6.61 Å². The lowest BCUT2D eigenvalue weighted by Gasteiger charge is -2.19. The molecule has 1 aromatic rings. The first-order valence-corrected chi connectivity index (χ1v) is 7.21. The van der Waals surface area contributed by atoms with E-state index in [0.29, 0.717) is 0 Å². The molecule has 0 heterocycles. The molecule has 0 aliphatic carbocycles. The lowest BCUT2D eigenvalue weighted by Crippen LogP contribution is -2.29. The smallest absolute Gasteiger partial charge is 0.277 e. The van der Waals surface area contributed by atoms with Gasteiger partial charge in [0.1, 0.15) is 0 Å². The Hall–Kier alpha value is -1.12. The molecule has 0 aliphatic rings. The monoisotopic (exact) mass is 311 g/mol. The molecular formula is C12H16F3NO3S. The number of alkyl halides is 3. The molecular weight excluding hydrogens is 295 g/mol. The number of benzene rings is 1. The molecule has 0 saturated heterocycles. The second kappa shape index (κ2) is 5.71. The zero-order valence-electron chi connectivity index (χ0n) is 11.3. The highest BCUT2D eigenvalue weighted by atomic mass is 32.2. The molecule has 0 unspecified atom stereocenters. The number of hydrogen-bond donors (Lipinski definition) is 1. The molecule has 20 heavy (non-hydrogen) atoms. The average Bonchev–Trinajstić information content (AvgIpc) is 2.26. The largest absolute Gasteiger partial charge is 0.413 e. The highest BCUT2D eigenvalue weighted by Gasteiger charge is 2.29. The van der Waals surface area contributed by atoms with E-state index in [-0.39, 0.29) is 10.3 Å². The van der Waals surface area contributed by atoms with Crippen molar-refractivity contribution in [1.29, 1.82) is 0 Å². The van der Waals surface area contributed by atoms with Crippen molar-refractivity contribution < 1.29 is 26.4 Å². The molecule has 0 saturated carbocycles. The van der Waals surface area contributed by atoms with Gasteiger partial charge in [-0.3, -0.25) is 4.84 Å². The number of nitrogens with one attached hydrogen (secondary N) is 1. The summed E-state index contributed by atoms with van der Waals surface area (Å²) in [5.41, 5.74) is 0.760. The van der Waals surface area contributed by atoms with Gasteiger partial charge in [-0.15, -0.1) is 0 Å². The molecule has 0 aromatic heterocycles. The summed E-state index contributed by atoms with van der Waals surface area (Å²) < 4.78 is 58.9. The van der Waals surface area contributed by atoms with Crippen molar-refractivity contribution >= 4 is 10.0 Å². The minimum atomic E-state index is -4.60. The minimum Gasteiger partial charge on any atom is -0.277 e. The van der Waals surface area contributed by atoms with Gasteiger partial charge in [0.2, 0.25) is 0 Å². The van der Waals surface area contributed by atoms with Gasteiger partial charge in [-0.25, -0.2) is 8.42 Å². The summed E-state index contributed by atoms with van der Waals surface area (Å²) in [5, 5.41) is 0. The van der Waals surface area contributed by atoms with Crippen LogP contribution >= 0.6 is 0 Å². The lowest BCUT2D eigenvalue weighted by atomic mass is 9.87. The van der Waals surface area contributed by atoms with Gasteiger partial charge in [-0.1, -0.05) is 37.8 Å². The van der Waals surface area contributed by atoms with Gasteiger partial charge in [0, 0.05) is 0 Å². The average molecular weight is 311 g/mol. The van der Waals surface area contributed by atoms with Crippen LogP contribution in [-0.4, -0.2) is 21.2 Å². The number of hydrogen-bond acceptors (Lipinski definition) is 3. The first kappa shape index (κ1) is 16.9. The summed E-state index contributed by atoms with van der Waals surface area (Å²) in [4.78, 5) is 5.23. The van der Waals surface area contributed by atoms with Crippen molar-refractivity contribution in [2.24, 2.45) is 0 Å². The molecule has 0 radical (unpaired) electrons. The Morgan fingerprint density at radius 1 is 1.10 bits per heavy atom. The molecule has 8 heteroatoms. The SMILES string of the molecule is CC(C)(C)c1ccc(S(=O)(=O)NOCC(F)(F)F)cc1. The van der Waals surface area contributed by atoms with Gasteiger partial charge < -0.3 is 0 Å². The fourth-order valence-electron chi connectivity index (χ4n) is 1.37. The van der Waals surface area contributed by atoms with E-state index < -0.39 is 22.8 Å². The van der Waals surface area contributed by atoms with Crippen molar-refractivity contribution in [3.05, 3.63) is 29.8 Å². The predicted molar refractivity (Wildman–Crippen MR) is 67.5 cm³/mol. The fraction of sp³-hybridized carbons (Fsp3) is 0.500. The molecule has 0 aliphatic heterocycles. The van der Waals surface area contributed by atoms with Crippen LogP contribution in [0.5, 0.6) is 0 Å². The Labute approximate surface area is 115 Å². The maximum absolute atomic E-state index is 11.9. The second-order valence-corrected chi connectivity index (χ2v) is 6.91. The van der Waals surface area contributed by atoms with E-state index in [0.717, 1.165) is 5.56 Å². The molecule has 114 valence electrons. The third-order valence-corrected chi connectivity index (χ3v) is 3.67. The van der Waals surface area contributed by atoms with E-state index in [1.54, 1.807) is 12.1 Å². The van der Waals surface area contributed by atoms with E-state index >= 15 is 0 Å². The molecule has 0 spiro atoms. The molecule has 0 fully saturated rings. The summed E-state index contributed by atoms with van der Waals surface area (Å²) in [7, 11) is -4.12. The number of rotatable bonds is 4. The maximum Gasteiger partial charge on any atom is 0.413 e. The van der Waals surface area contributed by atoms with E-state index in [4.69, 9.17) is 0 Å². The first-order valence-electron chi connectivity index (χ1n) is 5.73. The Kier molecular flexibility index (Phi) is 4.83. The third kappa shape index (κ3) is 5.10. The predicted octanol–water partition coefficient (Wildman–Crippen LogP) is 2.76. The van der Waals surface area contributed by atoms with Crippen LogP contribution in [0.3, 0.4) is 0 Å². The van der Waals surface area contributed by atoms with E-state index in [9.17, 15) is 21.6 Å². The Morgan fingerprint density at radius 2 is 1.60 bits per heavy atom. The first-order chi connectivity index (χ1) is 8.92. The number of sulfonamides is 1. The lowest BCUT2D eigenvalue weighted by molar-refractivity contribution is -0.181. The topological polar surface area (TPSA) is 55.4 Å². The molecule has 1 rings (SSSR count). The quantitative estimate of drug-likeness (QED) is 0.870. The van der Waals surface area contributed by atoms with Crippen LogP contribution in [0.2, 0.25) is 0 Å². The molecule has 1 N–H and O–H groups in total. The zero-order valence-corrected chi connectivity index (χ0v) is 12.1. The van der Waals surface area contributed by atoms with Gasteiger partial charge in [0.25, 0.3) is 10.0 Å². The summed E-state index contributed by atoms with van der Waals surface area (Å²) in [5.74, 6) is 0. The van der Waals surface area contributed by atoms with Crippen molar-refractivity contribution in [3.8, 4) is 0 Å². The summed E-state index contributed by atoms with van der Waals surface area (Å²) in [6.45, 7) is 4.19. The normalized spacial score (nSPS) is 13.5. The Morgan fingerprint density at radius 3 is 2.00 bits per heavy atom. The van der Waals surface area contributed by atoms with Crippen molar-refractivity contribution in [2.75, 3.05) is 6.61 Å². The maximum atomic E-state index is 11.9. The van der Waals surface area contributed by atoms with Crippen LogP contribution in [0.25, 0.3) is 0 Å². The van der Waals surface area contributed by atoms with Crippen molar-refractivity contribution in [1.82, 2.24) is 4.89 Å². The zero-order chi connectivity index (χ0) is 15.6. The van der Waals surface area contributed by atoms with Crippen LogP contribution in [-0.2, 0) is 20.3 Å². The summed E-state index contributed by atoms with van der Waals surface area (Å²) in [6, 6.07) is 5.86. The second-order valence-electron chi connectivity index (χ2n) is 5.27. The van der Waals surface area contributed by atoms with Crippen LogP contribution in [0.1, 0.15) is 26.3 Å². The number of halogens is 3. The Bertz CT molecular complexity index is 545. The standard InChI is InChI=1S/C12H16F3NO3S/c1-11(2,3)9-4-6-10(7-5-9)20(17,18)16-19-8-12(13,14)15/h4-7,16H,8H2,1-3H3. The van der Waals surface area contributed by atoms with E-state index in [2.05, 4.69) is 4.84 Å².